The zero-order valence-corrected chi connectivity index (χ0v) is 14.5. The Morgan fingerprint density at radius 1 is 0.625 bits per heavy atom. The molecule has 1 fully saturated rings. The third kappa shape index (κ3) is 2.23. The van der Waals surface area contributed by atoms with Gasteiger partial charge in [0.2, 0.25) is 12.2 Å². The molecule has 0 amide bonds. The van der Waals surface area contributed by atoms with Gasteiger partial charge >= 0.3 is 53.5 Å². The number of aliphatic hydroxyl groups excluding tert-OH is 2. The van der Waals surface area contributed by atoms with E-state index in [0.717, 1.165) is 0 Å². The Kier molecular flexibility index (Phi) is 5.80. The van der Waals surface area contributed by atoms with E-state index in [4.69, 9.17) is 0 Å². The Bertz CT molecular complexity index is 601. The Morgan fingerprint density at radius 3 is 1.08 bits per heavy atom. The normalized spacial score (nSPS) is 48.6. The average Bonchev–Trinajstić information content (AvgIpc) is 2.47. The largest absolute Gasteiger partial charge is 0.593 e. The van der Waals surface area contributed by atoms with Gasteiger partial charge in [-0.25, -0.2) is 0 Å². The van der Waals surface area contributed by atoms with E-state index in [1.54, 1.807) is 0 Å². The third-order valence-electron chi connectivity index (χ3n) is 3.71. The first kappa shape index (κ1) is 22.0. The van der Waals surface area contributed by atoms with E-state index in [2.05, 4.69) is 0 Å². The quantitative estimate of drug-likeness (QED) is 0.227. The maximum atomic E-state index is 11.3. The Balaban J connectivity index is 4.09. The van der Waals surface area contributed by atoms with Gasteiger partial charge in [-0.1, -0.05) is 18.3 Å². The molecule has 0 radical (unpaired) electrons. The molecular formula is C6H8O14P4. The van der Waals surface area contributed by atoms with Crippen molar-refractivity contribution in [3.63, 3.8) is 0 Å². The van der Waals surface area contributed by atoms with Crippen LogP contribution in [0.4, 0.5) is 0 Å². The van der Waals surface area contributed by atoms with E-state index >= 15 is 0 Å². The Hall–Kier alpha value is -0.0000000000000000971. The van der Waals surface area contributed by atoms with Crippen LogP contribution in [0.2, 0.25) is 0 Å². The fraction of sp³-hybridized carbons (Fsp3) is 1.00. The molecule has 0 bridgehead atoms. The summed E-state index contributed by atoms with van der Waals surface area (Å²) >= 11 is 0. The average molecular weight is 428 g/mol. The SMILES string of the molecule is O=[P+]([O-])C1(O)[C@H](O)[C@@](O)([P+](=O)[O-])C(O)([P+](=O)[O-])[C@](O)([P+](=O)[O-])[C@H]1O. The van der Waals surface area contributed by atoms with Gasteiger partial charge in [-0.15, -0.1) is 0 Å². The van der Waals surface area contributed by atoms with Crippen molar-refractivity contribution in [3.05, 3.63) is 0 Å². The van der Waals surface area contributed by atoms with Gasteiger partial charge in [0.15, 0.2) is 0 Å². The summed E-state index contributed by atoms with van der Waals surface area (Å²) in [5, 5.41) is 40.8. The molecule has 8 atom stereocenters. The summed E-state index contributed by atoms with van der Waals surface area (Å²) in [7, 11) is -19.2. The first-order chi connectivity index (χ1) is 10.6. The van der Waals surface area contributed by atoms with Crippen LogP contribution in [0.5, 0.6) is 0 Å². The zero-order valence-electron chi connectivity index (χ0n) is 10.9. The predicted molar refractivity (Wildman–Crippen MR) is 62.2 cm³/mol. The molecule has 18 heteroatoms. The van der Waals surface area contributed by atoms with Gasteiger partial charge in [-0.2, -0.15) is 0 Å². The molecule has 1 rings (SSSR count). The lowest BCUT2D eigenvalue weighted by Crippen LogP contribution is -2.84. The summed E-state index contributed by atoms with van der Waals surface area (Å²) < 4.78 is 44.9. The molecule has 6 N–H and O–H groups in total. The van der Waals surface area contributed by atoms with Gasteiger partial charge < -0.3 is 50.2 Å². The molecule has 0 spiro atoms. The topological polar surface area (TPSA) is 282 Å². The standard InChI is InChI=1S/C6H8O14P4/c7-1-3(9,21(13)14)2(8)5(11,23(17)18)6(12,24(19)20)4(1,10)22(15)16/h1-2,7-12H/t1-,2-,3?,4+,5+,6?/m0/s1. The Morgan fingerprint density at radius 2 is 0.917 bits per heavy atom. The van der Waals surface area contributed by atoms with Crippen LogP contribution in [0.3, 0.4) is 0 Å². The third-order valence-corrected chi connectivity index (χ3v) is 8.59. The van der Waals surface area contributed by atoms with Gasteiger partial charge in [0.1, 0.15) is 0 Å². The van der Waals surface area contributed by atoms with Gasteiger partial charge in [-0.3, -0.25) is 0 Å². The molecule has 1 aliphatic rings. The molecular weight excluding hydrogens is 420 g/mol. The van der Waals surface area contributed by atoms with Gasteiger partial charge in [0.05, 0.1) is 0 Å². The van der Waals surface area contributed by atoms with E-state index in [-0.39, 0.29) is 0 Å². The molecule has 0 aromatic carbocycles. The highest BCUT2D eigenvalue weighted by Crippen LogP contribution is 2.68. The fourth-order valence-electron chi connectivity index (χ4n) is 2.32. The highest BCUT2D eigenvalue weighted by atomic mass is 31.1. The lowest BCUT2D eigenvalue weighted by atomic mass is 9.82. The monoisotopic (exact) mass is 428 g/mol. The maximum Gasteiger partial charge on any atom is 0.415 e. The lowest BCUT2D eigenvalue weighted by molar-refractivity contribution is -0.325. The summed E-state index contributed by atoms with van der Waals surface area (Å²) in [4.78, 5) is 44.9. The zero-order chi connectivity index (χ0) is 19.5. The molecule has 0 heterocycles. The van der Waals surface area contributed by atoms with Crippen LogP contribution < -0.4 is 19.6 Å². The first-order valence-electron chi connectivity index (χ1n) is 5.42. The summed E-state index contributed by atoms with van der Waals surface area (Å²) in [5.74, 6) is 0. The highest BCUT2D eigenvalue weighted by Gasteiger charge is 2.98. The van der Waals surface area contributed by atoms with E-state index in [1.807, 2.05) is 0 Å². The maximum absolute atomic E-state index is 11.3. The summed E-state index contributed by atoms with van der Waals surface area (Å²) in [6.07, 6.45) is -7.37. The first-order valence-corrected chi connectivity index (χ1v) is 10.1. The van der Waals surface area contributed by atoms with Gasteiger partial charge in [0.25, 0.3) is 0 Å². The van der Waals surface area contributed by atoms with Gasteiger partial charge in [0, 0.05) is 0 Å². The van der Waals surface area contributed by atoms with Crippen molar-refractivity contribution in [3.8, 4) is 0 Å². The number of rotatable bonds is 4. The van der Waals surface area contributed by atoms with Crippen LogP contribution in [0.15, 0.2) is 0 Å². The summed E-state index contributed by atoms with van der Waals surface area (Å²) in [6, 6.07) is 0. The van der Waals surface area contributed by atoms with E-state index in [1.165, 1.54) is 0 Å². The number of hydrogen-bond donors (Lipinski definition) is 6. The van der Waals surface area contributed by atoms with Crippen LogP contribution in [-0.4, -0.2) is 64.2 Å². The molecule has 0 aromatic rings. The Labute approximate surface area is 135 Å². The molecule has 0 aliphatic heterocycles. The van der Waals surface area contributed by atoms with Crippen LogP contribution in [0.25, 0.3) is 0 Å². The molecule has 1 aliphatic carbocycles. The van der Waals surface area contributed by atoms with Crippen molar-refractivity contribution in [2.45, 2.75) is 33.6 Å². The van der Waals surface area contributed by atoms with Crippen molar-refractivity contribution in [2.75, 3.05) is 0 Å². The van der Waals surface area contributed by atoms with E-state index in [0.29, 0.717) is 0 Å². The van der Waals surface area contributed by atoms with Crippen molar-refractivity contribution in [2.24, 2.45) is 0 Å². The lowest BCUT2D eigenvalue weighted by Gasteiger charge is -2.47. The molecule has 0 aromatic heterocycles. The summed E-state index contributed by atoms with van der Waals surface area (Å²) in [5.41, 5.74) is 0. The number of hydrogen-bond acceptors (Lipinski definition) is 14. The van der Waals surface area contributed by atoms with E-state index < -0.39 is 65.7 Å². The molecule has 136 valence electrons. The number of aliphatic hydroxyl groups is 6. The molecule has 24 heavy (non-hydrogen) atoms. The molecule has 0 saturated heterocycles. The molecule has 4 unspecified atom stereocenters. The molecule has 14 nitrogen and oxygen atoms in total. The second-order valence-electron chi connectivity index (χ2n) is 4.74. The van der Waals surface area contributed by atoms with Crippen LogP contribution in [-0.2, 0) is 18.3 Å². The minimum Gasteiger partial charge on any atom is -0.593 e. The summed E-state index contributed by atoms with van der Waals surface area (Å²) in [6.45, 7) is 0. The van der Waals surface area contributed by atoms with Gasteiger partial charge in [-0.05, 0) is 0 Å². The second kappa shape index (κ2) is 6.31. The van der Waals surface area contributed by atoms with Crippen molar-refractivity contribution >= 4 is 32.1 Å². The van der Waals surface area contributed by atoms with Crippen molar-refractivity contribution in [1.82, 2.24) is 0 Å². The predicted octanol–water partition coefficient (Wildman–Crippen LogP) is -6.11. The molecule has 1 saturated carbocycles. The minimum atomic E-state index is -4.90. The second-order valence-corrected chi connectivity index (χ2v) is 9.53. The van der Waals surface area contributed by atoms with Crippen molar-refractivity contribution < 1.29 is 68.5 Å². The van der Waals surface area contributed by atoms with Crippen LogP contribution in [0.1, 0.15) is 0 Å². The fourth-order valence-corrected chi connectivity index (χ4v) is 6.79. The smallest absolute Gasteiger partial charge is 0.415 e. The van der Waals surface area contributed by atoms with Crippen molar-refractivity contribution in [1.29, 1.82) is 0 Å². The van der Waals surface area contributed by atoms with Crippen LogP contribution in [0, 0.1) is 0 Å². The van der Waals surface area contributed by atoms with Crippen LogP contribution >= 0.6 is 32.1 Å². The highest BCUT2D eigenvalue weighted by molar-refractivity contribution is 7.47. The van der Waals surface area contributed by atoms with E-state index in [9.17, 15) is 68.5 Å². The minimum absolute atomic E-state index is 3.68.